The van der Waals surface area contributed by atoms with Crippen LogP contribution in [0.5, 0.6) is 0 Å². The predicted molar refractivity (Wildman–Crippen MR) is 75.7 cm³/mol. The smallest absolute Gasteiger partial charge is 0.163 e. The lowest BCUT2D eigenvalue weighted by molar-refractivity contribution is 1.07. The van der Waals surface area contributed by atoms with E-state index in [9.17, 15) is 0 Å². The summed E-state index contributed by atoms with van der Waals surface area (Å²) >= 11 is 5.98. The molecule has 0 atom stereocenters. The molecule has 0 spiro atoms. The van der Waals surface area contributed by atoms with Gasteiger partial charge in [0.1, 0.15) is 6.33 Å². The second kappa shape index (κ2) is 5.16. The van der Waals surface area contributed by atoms with Crippen LogP contribution in [0.1, 0.15) is 0 Å². The summed E-state index contributed by atoms with van der Waals surface area (Å²) in [6, 6.07) is 17.3. The third-order valence-electron chi connectivity index (χ3n) is 2.69. The molecular weight excluding hydrogens is 258 g/mol. The molecule has 3 aromatic rings. The molecule has 0 radical (unpaired) electrons. The maximum atomic E-state index is 5.98. The molecule has 0 amide bonds. The molecule has 0 N–H and O–H groups in total. The second-order valence-corrected chi connectivity index (χ2v) is 4.45. The van der Waals surface area contributed by atoms with Gasteiger partial charge in [-0.3, -0.25) is 0 Å². The van der Waals surface area contributed by atoms with Gasteiger partial charge < -0.3 is 0 Å². The van der Waals surface area contributed by atoms with E-state index in [1.54, 1.807) is 0 Å². The van der Waals surface area contributed by atoms with Crippen molar-refractivity contribution in [3.63, 3.8) is 0 Å². The van der Waals surface area contributed by atoms with E-state index >= 15 is 0 Å². The Morgan fingerprint density at radius 2 is 1.42 bits per heavy atom. The molecule has 0 aliphatic rings. The van der Waals surface area contributed by atoms with Crippen molar-refractivity contribution in [1.82, 2.24) is 15.0 Å². The molecule has 0 saturated carbocycles. The lowest BCUT2D eigenvalue weighted by atomic mass is 10.2. The van der Waals surface area contributed by atoms with Crippen LogP contribution < -0.4 is 0 Å². The Morgan fingerprint density at radius 1 is 0.737 bits per heavy atom. The number of halogens is 1. The number of hydrogen-bond acceptors (Lipinski definition) is 3. The van der Waals surface area contributed by atoms with Crippen molar-refractivity contribution >= 4 is 11.6 Å². The van der Waals surface area contributed by atoms with E-state index in [4.69, 9.17) is 11.6 Å². The van der Waals surface area contributed by atoms with E-state index in [2.05, 4.69) is 15.0 Å². The average molecular weight is 268 g/mol. The van der Waals surface area contributed by atoms with E-state index in [-0.39, 0.29) is 0 Å². The Bertz CT molecular complexity index is 699. The topological polar surface area (TPSA) is 38.7 Å². The summed E-state index contributed by atoms with van der Waals surface area (Å²) in [5, 5.41) is 0.666. The van der Waals surface area contributed by atoms with Gasteiger partial charge in [0.2, 0.25) is 0 Å². The molecule has 1 aromatic heterocycles. The maximum Gasteiger partial charge on any atom is 0.163 e. The van der Waals surface area contributed by atoms with E-state index < -0.39 is 0 Å². The minimum Gasteiger partial charge on any atom is -0.217 e. The van der Waals surface area contributed by atoms with Crippen LogP contribution in [0, 0.1) is 0 Å². The highest BCUT2D eigenvalue weighted by Gasteiger charge is 2.05. The molecule has 0 aliphatic heterocycles. The van der Waals surface area contributed by atoms with Gasteiger partial charge in [-0.15, -0.1) is 0 Å². The lowest BCUT2D eigenvalue weighted by Gasteiger charge is -2.03. The highest BCUT2D eigenvalue weighted by Crippen LogP contribution is 2.21. The van der Waals surface area contributed by atoms with Crippen molar-refractivity contribution in [3.05, 3.63) is 65.9 Å². The first kappa shape index (κ1) is 11.8. The molecule has 2 aromatic carbocycles. The van der Waals surface area contributed by atoms with Crippen molar-refractivity contribution in [2.75, 3.05) is 0 Å². The number of rotatable bonds is 2. The van der Waals surface area contributed by atoms with Crippen LogP contribution in [0.2, 0.25) is 5.02 Å². The zero-order chi connectivity index (χ0) is 13.1. The first-order valence-electron chi connectivity index (χ1n) is 5.83. The molecular formula is C15H10ClN3. The molecule has 0 fully saturated rings. The van der Waals surface area contributed by atoms with Gasteiger partial charge in [0.25, 0.3) is 0 Å². The minimum absolute atomic E-state index is 0.622. The summed E-state index contributed by atoms with van der Waals surface area (Å²) in [5.74, 6) is 1.28. The van der Waals surface area contributed by atoms with Crippen LogP contribution in [0.3, 0.4) is 0 Å². The Kier molecular flexibility index (Phi) is 3.21. The first-order valence-corrected chi connectivity index (χ1v) is 6.21. The SMILES string of the molecule is Clc1cccc(-c2ncnc(-c3ccccc3)n2)c1. The summed E-state index contributed by atoms with van der Waals surface area (Å²) < 4.78 is 0. The molecule has 92 valence electrons. The third-order valence-corrected chi connectivity index (χ3v) is 2.92. The van der Waals surface area contributed by atoms with Crippen LogP contribution in [0.15, 0.2) is 60.9 Å². The van der Waals surface area contributed by atoms with Gasteiger partial charge in [-0.05, 0) is 12.1 Å². The van der Waals surface area contributed by atoms with E-state index in [0.717, 1.165) is 11.1 Å². The van der Waals surface area contributed by atoms with E-state index in [1.807, 2.05) is 54.6 Å². The highest BCUT2D eigenvalue weighted by molar-refractivity contribution is 6.30. The van der Waals surface area contributed by atoms with E-state index in [1.165, 1.54) is 6.33 Å². The number of aromatic nitrogens is 3. The molecule has 4 heteroatoms. The number of nitrogens with zero attached hydrogens (tertiary/aromatic N) is 3. The predicted octanol–water partition coefficient (Wildman–Crippen LogP) is 3.86. The normalized spacial score (nSPS) is 10.4. The quantitative estimate of drug-likeness (QED) is 0.708. The highest BCUT2D eigenvalue weighted by atomic mass is 35.5. The van der Waals surface area contributed by atoms with Gasteiger partial charge in [-0.2, -0.15) is 0 Å². The maximum absolute atomic E-state index is 5.98. The van der Waals surface area contributed by atoms with Crippen LogP contribution in [-0.2, 0) is 0 Å². The van der Waals surface area contributed by atoms with Gasteiger partial charge in [0.05, 0.1) is 0 Å². The van der Waals surface area contributed by atoms with Crippen molar-refractivity contribution in [3.8, 4) is 22.8 Å². The van der Waals surface area contributed by atoms with Gasteiger partial charge in [0, 0.05) is 16.1 Å². The Labute approximate surface area is 116 Å². The summed E-state index contributed by atoms with van der Waals surface area (Å²) in [6.45, 7) is 0. The third kappa shape index (κ3) is 2.61. The molecule has 0 bridgehead atoms. The molecule has 1 heterocycles. The van der Waals surface area contributed by atoms with Crippen LogP contribution >= 0.6 is 11.6 Å². The molecule has 0 aliphatic carbocycles. The summed E-state index contributed by atoms with van der Waals surface area (Å²) in [4.78, 5) is 12.9. The second-order valence-electron chi connectivity index (χ2n) is 4.01. The summed E-state index contributed by atoms with van der Waals surface area (Å²) in [5.41, 5.74) is 1.85. The largest absolute Gasteiger partial charge is 0.217 e. The Morgan fingerprint density at radius 3 is 2.16 bits per heavy atom. The number of hydrogen-bond donors (Lipinski definition) is 0. The molecule has 3 rings (SSSR count). The van der Waals surface area contributed by atoms with Gasteiger partial charge >= 0.3 is 0 Å². The monoisotopic (exact) mass is 267 g/mol. The fourth-order valence-corrected chi connectivity index (χ4v) is 1.98. The minimum atomic E-state index is 0.622. The molecule has 3 nitrogen and oxygen atoms in total. The van der Waals surface area contributed by atoms with Crippen molar-refractivity contribution in [1.29, 1.82) is 0 Å². The zero-order valence-corrected chi connectivity index (χ0v) is 10.7. The van der Waals surface area contributed by atoms with Crippen molar-refractivity contribution in [2.24, 2.45) is 0 Å². The van der Waals surface area contributed by atoms with Crippen LogP contribution in [0.4, 0.5) is 0 Å². The van der Waals surface area contributed by atoms with Crippen LogP contribution in [0.25, 0.3) is 22.8 Å². The Hall–Kier alpha value is -2.26. The lowest BCUT2D eigenvalue weighted by Crippen LogP contribution is -1.94. The molecule has 0 saturated heterocycles. The molecule has 19 heavy (non-hydrogen) atoms. The first-order chi connectivity index (χ1) is 9.33. The zero-order valence-electron chi connectivity index (χ0n) is 9.99. The number of benzene rings is 2. The van der Waals surface area contributed by atoms with Crippen molar-refractivity contribution < 1.29 is 0 Å². The fourth-order valence-electron chi connectivity index (χ4n) is 1.79. The standard InChI is InChI=1S/C15H10ClN3/c16-13-8-4-7-12(9-13)15-18-10-17-14(19-15)11-5-2-1-3-6-11/h1-10H. The Balaban J connectivity index is 2.06. The van der Waals surface area contributed by atoms with Crippen LogP contribution in [-0.4, -0.2) is 15.0 Å². The fraction of sp³-hybridized carbons (Fsp3) is 0. The van der Waals surface area contributed by atoms with E-state index in [0.29, 0.717) is 16.7 Å². The molecule has 0 unspecified atom stereocenters. The van der Waals surface area contributed by atoms with Gasteiger partial charge in [-0.1, -0.05) is 54.1 Å². The summed E-state index contributed by atoms with van der Waals surface area (Å²) in [7, 11) is 0. The van der Waals surface area contributed by atoms with Gasteiger partial charge in [-0.25, -0.2) is 15.0 Å². The summed E-state index contributed by atoms with van der Waals surface area (Å²) in [6.07, 6.45) is 1.52. The van der Waals surface area contributed by atoms with Gasteiger partial charge in [0.15, 0.2) is 11.6 Å². The van der Waals surface area contributed by atoms with Crippen molar-refractivity contribution in [2.45, 2.75) is 0 Å². The average Bonchev–Trinajstić information content (AvgIpc) is 2.48.